The van der Waals surface area contributed by atoms with Crippen molar-refractivity contribution in [3.8, 4) is 0 Å². The highest BCUT2D eigenvalue weighted by molar-refractivity contribution is 5.77. The fourth-order valence-corrected chi connectivity index (χ4v) is 2.56. The van der Waals surface area contributed by atoms with Crippen molar-refractivity contribution in [2.75, 3.05) is 37.6 Å². The lowest BCUT2D eigenvalue weighted by Gasteiger charge is -2.33. The highest BCUT2D eigenvalue weighted by Gasteiger charge is 2.22. The maximum absolute atomic E-state index is 12.9. The van der Waals surface area contributed by atoms with E-state index >= 15 is 0 Å². The van der Waals surface area contributed by atoms with Crippen LogP contribution in [-0.4, -0.2) is 44.7 Å². The maximum atomic E-state index is 12.9. The Morgan fingerprint density at radius 3 is 2.52 bits per heavy atom. The molecule has 0 spiro atoms. The van der Waals surface area contributed by atoms with E-state index in [1.807, 2.05) is 19.1 Å². The number of piperazine rings is 1. The molecule has 0 bridgehead atoms. The first kappa shape index (κ1) is 15.8. The number of benzene rings is 1. The molecule has 4 nitrogen and oxygen atoms in total. The van der Waals surface area contributed by atoms with Crippen LogP contribution in [-0.2, 0) is 4.79 Å². The predicted molar refractivity (Wildman–Crippen MR) is 82.1 cm³/mol. The highest BCUT2D eigenvalue weighted by atomic mass is 19.1. The molecular weight excluding hydrogens is 269 g/mol. The van der Waals surface area contributed by atoms with Gasteiger partial charge < -0.3 is 15.1 Å². The molecule has 1 aliphatic heterocycles. The molecule has 0 aromatic heterocycles. The lowest BCUT2D eigenvalue weighted by molar-refractivity contribution is -0.892. The molecule has 5 heteroatoms. The fourth-order valence-electron chi connectivity index (χ4n) is 2.56. The van der Waals surface area contributed by atoms with E-state index in [0.29, 0.717) is 6.54 Å². The quantitative estimate of drug-likeness (QED) is 0.827. The molecule has 116 valence electrons. The van der Waals surface area contributed by atoms with Gasteiger partial charge in [0.25, 0.3) is 5.91 Å². The number of amides is 1. The van der Waals surface area contributed by atoms with Crippen molar-refractivity contribution in [1.29, 1.82) is 0 Å². The molecule has 0 saturated carbocycles. The van der Waals surface area contributed by atoms with Gasteiger partial charge >= 0.3 is 0 Å². The summed E-state index contributed by atoms with van der Waals surface area (Å²) in [6, 6.07) is 6.87. The molecule has 1 fully saturated rings. The smallest absolute Gasteiger partial charge is 0.275 e. The number of carbonyl (C=O) groups excluding carboxylic acids is 1. The van der Waals surface area contributed by atoms with Gasteiger partial charge in [-0.25, -0.2) is 4.39 Å². The van der Waals surface area contributed by atoms with Gasteiger partial charge in [0, 0.05) is 11.7 Å². The predicted octanol–water partition coefficient (Wildman–Crippen LogP) is 0.445. The number of carbonyl (C=O) groups is 1. The van der Waals surface area contributed by atoms with Crippen molar-refractivity contribution >= 4 is 11.6 Å². The third-order valence-electron chi connectivity index (χ3n) is 4.09. The third kappa shape index (κ3) is 4.70. The van der Waals surface area contributed by atoms with Crippen LogP contribution in [0.5, 0.6) is 0 Å². The minimum absolute atomic E-state index is 0.134. The van der Waals surface area contributed by atoms with Crippen LogP contribution >= 0.6 is 0 Å². The van der Waals surface area contributed by atoms with Gasteiger partial charge in [0.1, 0.15) is 5.82 Å². The molecule has 1 atom stereocenters. The molecule has 1 heterocycles. The van der Waals surface area contributed by atoms with Crippen LogP contribution in [0.1, 0.15) is 20.3 Å². The number of quaternary nitrogens is 1. The zero-order valence-electron chi connectivity index (χ0n) is 12.9. The molecule has 1 amide bonds. The molecule has 1 aromatic carbocycles. The third-order valence-corrected chi connectivity index (χ3v) is 4.09. The Kier molecular flexibility index (Phi) is 5.56. The van der Waals surface area contributed by atoms with Crippen molar-refractivity contribution in [2.24, 2.45) is 0 Å². The van der Waals surface area contributed by atoms with E-state index in [1.165, 1.54) is 17.0 Å². The normalized spacial score (nSPS) is 17.6. The number of nitrogens with one attached hydrogen (secondary N) is 2. The molecule has 21 heavy (non-hydrogen) atoms. The molecule has 0 radical (unpaired) electrons. The highest BCUT2D eigenvalue weighted by Crippen LogP contribution is 2.14. The number of anilines is 1. The molecule has 1 aromatic rings. The molecule has 2 N–H and O–H groups in total. The van der Waals surface area contributed by atoms with Gasteiger partial charge in [-0.2, -0.15) is 0 Å². The van der Waals surface area contributed by atoms with E-state index in [0.717, 1.165) is 38.3 Å². The van der Waals surface area contributed by atoms with E-state index in [2.05, 4.69) is 17.1 Å². The Labute approximate surface area is 125 Å². The van der Waals surface area contributed by atoms with Crippen molar-refractivity contribution in [1.82, 2.24) is 5.32 Å². The number of nitrogens with zero attached hydrogens (tertiary/aromatic N) is 1. The minimum atomic E-state index is -0.204. The van der Waals surface area contributed by atoms with E-state index in [-0.39, 0.29) is 17.8 Å². The first-order chi connectivity index (χ1) is 10.1. The van der Waals surface area contributed by atoms with Crippen LogP contribution in [0, 0.1) is 5.82 Å². The average molecular weight is 294 g/mol. The van der Waals surface area contributed by atoms with Gasteiger partial charge in [-0.15, -0.1) is 0 Å². The van der Waals surface area contributed by atoms with E-state index in [1.54, 1.807) is 0 Å². The van der Waals surface area contributed by atoms with Gasteiger partial charge in [-0.1, -0.05) is 6.92 Å². The topological polar surface area (TPSA) is 36.8 Å². The second kappa shape index (κ2) is 7.41. The van der Waals surface area contributed by atoms with E-state index in [9.17, 15) is 9.18 Å². The van der Waals surface area contributed by atoms with Crippen LogP contribution in [0.4, 0.5) is 10.1 Å². The van der Waals surface area contributed by atoms with Crippen molar-refractivity contribution < 1.29 is 14.1 Å². The molecule has 0 aliphatic carbocycles. The second-order valence-electron chi connectivity index (χ2n) is 5.77. The van der Waals surface area contributed by atoms with Crippen LogP contribution in [0.25, 0.3) is 0 Å². The standard InChI is InChI=1S/C16H24FN3O/c1-3-13(2)18-16(21)12-19-8-10-20(11-9-19)15-6-4-14(17)5-7-15/h4-7,13H,3,8-12H2,1-2H3,(H,18,21)/p+1/t13-/m0/s1. The van der Waals surface area contributed by atoms with Gasteiger partial charge in [-0.05, 0) is 37.6 Å². The number of hydrogen-bond donors (Lipinski definition) is 2. The first-order valence-corrected chi connectivity index (χ1v) is 7.72. The summed E-state index contributed by atoms with van der Waals surface area (Å²) in [5.41, 5.74) is 1.06. The van der Waals surface area contributed by atoms with Crippen molar-refractivity contribution in [3.63, 3.8) is 0 Å². The Bertz CT molecular complexity index is 455. The molecular formula is C16H25FN3O+. The van der Waals surface area contributed by atoms with Crippen LogP contribution in [0.3, 0.4) is 0 Å². The molecule has 1 saturated heterocycles. The zero-order valence-corrected chi connectivity index (χ0v) is 12.9. The zero-order chi connectivity index (χ0) is 15.2. The fraction of sp³-hybridized carbons (Fsp3) is 0.562. The SMILES string of the molecule is CC[C@H](C)NC(=O)C[NH+]1CCN(c2ccc(F)cc2)CC1. The largest absolute Gasteiger partial charge is 0.360 e. The van der Waals surface area contributed by atoms with Crippen molar-refractivity contribution in [2.45, 2.75) is 26.3 Å². The van der Waals surface area contributed by atoms with Gasteiger partial charge in [0.05, 0.1) is 26.2 Å². The molecule has 0 unspecified atom stereocenters. The maximum Gasteiger partial charge on any atom is 0.275 e. The average Bonchev–Trinajstić information content (AvgIpc) is 2.48. The monoisotopic (exact) mass is 294 g/mol. The molecule has 1 aliphatic rings. The Balaban J connectivity index is 1.78. The van der Waals surface area contributed by atoms with Gasteiger partial charge in [0.2, 0.25) is 0 Å². The van der Waals surface area contributed by atoms with Crippen LogP contribution < -0.4 is 15.1 Å². The summed E-state index contributed by atoms with van der Waals surface area (Å²) in [4.78, 5) is 15.4. The van der Waals surface area contributed by atoms with Crippen molar-refractivity contribution in [3.05, 3.63) is 30.1 Å². The Hall–Kier alpha value is -1.62. The van der Waals surface area contributed by atoms with Gasteiger partial charge in [0.15, 0.2) is 6.54 Å². The Morgan fingerprint density at radius 1 is 1.33 bits per heavy atom. The Morgan fingerprint density at radius 2 is 1.95 bits per heavy atom. The minimum Gasteiger partial charge on any atom is -0.360 e. The second-order valence-corrected chi connectivity index (χ2v) is 5.77. The van der Waals surface area contributed by atoms with Crippen LogP contribution in [0.15, 0.2) is 24.3 Å². The first-order valence-electron chi connectivity index (χ1n) is 7.72. The summed E-state index contributed by atoms with van der Waals surface area (Å²) in [6.07, 6.45) is 0.958. The van der Waals surface area contributed by atoms with Gasteiger partial charge in [-0.3, -0.25) is 4.79 Å². The lowest BCUT2D eigenvalue weighted by Crippen LogP contribution is -3.16. The number of halogens is 1. The summed E-state index contributed by atoms with van der Waals surface area (Å²) >= 11 is 0. The van der Waals surface area contributed by atoms with Crippen LogP contribution in [0.2, 0.25) is 0 Å². The summed E-state index contributed by atoms with van der Waals surface area (Å²) < 4.78 is 12.9. The summed E-state index contributed by atoms with van der Waals surface area (Å²) in [5.74, 6) is -0.0701. The molecule has 2 rings (SSSR count). The number of rotatable bonds is 5. The van der Waals surface area contributed by atoms with E-state index in [4.69, 9.17) is 0 Å². The summed E-state index contributed by atoms with van der Waals surface area (Å²) in [5, 5.41) is 3.01. The van der Waals surface area contributed by atoms with E-state index < -0.39 is 0 Å². The summed E-state index contributed by atoms with van der Waals surface area (Å²) in [7, 11) is 0. The number of hydrogen-bond acceptors (Lipinski definition) is 2. The lowest BCUT2D eigenvalue weighted by atomic mass is 10.2. The summed E-state index contributed by atoms with van der Waals surface area (Å²) in [6.45, 7) is 8.31.